The molecule has 0 saturated heterocycles. The maximum absolute atomic E-state index is 13.4. The molecule has 3 aromatic carbocycles. The highest BCUT2D eigenvalue weighted by molar-refractivity contribution is 7.07. The molecule has 0 amide bonds. The smallest absolute Gasteiger partial charge is 0.206 e. The summed E-state index contributed by atoms with van der Waals surface area (Å²) >= 11 is 1.48. The molecular weight excluding hydrogens is 397 g/mol. The van der Waals surface area contributed by atoms with Gasteiger partial charge in [-0.05, 0) is 48.4 Å². The van der Waals surface area contributed by atoms with E-state index < -0.39 is 0 Å². The lowest BCUT2D eigenvalue weighted by Crippen LogP contribution is -2.13. The minimum atomic E-state index is -0.286. The maximum atomic E-state index is 13.4. The van der Waals surface area contributed by atoms with Crippen molar-refractivity contribution in [2.24, 2.45) is 10.1 Å². The Hall–Kier alpha value is -3.51. The van der Waals surface area contributed by atoms with Crippen LogP contribution in [0.1, 0.15) is 11.1 Å². The molecule has 0 fully saturated rings. The summed E-state index contributed by atoms with van der Waals surface area (Å²) in [7, 11) is 0. The van der Waals surface area contributed by atoms with Crippen LogP contribution in [-0.4, -0.2) is 22.5 Å². The number of nitrogens with zero attached hydrogens (tertiary/aromatic N) is 3. The van der Waals surface area contributed by atoms with Crippen molar-refractivity contribution in [2.45, 2.75) is 6.42 Å². The Morgan fingerprint density at radius 2 is 1.67 bits per heavy atom. The molecule has 150 valence electrons. The number of aromatic hydroxyl groups is 1. The highest BCUT2D eigenvalue weighted by atomic mass is 32.1. The maximum Gasteiger partial charge on any atom is 0.206 e. The molecule has 0 aliphatic heterocycles. The van der Waals surface area contributed by atoms with Crippen molar-refractivity contribution in [3.63, 3.8) is 0 Å². The fraction of sp³-hybridized carbons (Fsp3) is 0.0833. The van der Waals surface area contributed by atoms with E-state index in [0.29, 0.717) is 12.1 Å². The van der Waals surface area contributed by atoms with E-state index in [2.05, 4.69) is 17.2 Å². The molecule has 0 atom stereocenters. The van der Waals surface area contributed by atoms with Crippen LogP contribution in [0, 0.1) is 5.82 Å². The fourth-order valence-corrected chi connectivity index (χ4v) is 3.84. The van der Waals surface area contributed by atoms with Crippen molar-refractivity contribution in [3.8, 4) is 17.0 Å². The van der Waals surface area contributed by atoms with E-state index in [4.69, 9.17) is 4.99 Å². The van der Waals surface area contributed by atoms with Crippen LogP contribution in [0.3, 0.4) is 0 Å². The molecule has 4 rings (SSSR count). The van der Waals surface area contributed by atoms with Crippen molar-refractivity contribution < 1.29 is 9.50 Å². The van der Waals surface area contributed by atoms with E-state index in [0.717, 1.165) is 22.5 Å². The summed E-state index contributed by atoms with van der Waals surface area (Å²) < 4.78 is 15.1. The van der Waals surface area contributed by atoms with Gasteiger partial charge in [-0.1, -0.05) is 42.5 Å². The Bertz CT molecular complexity index is 1210. The zero-order valence-electron chi connectivity index (χ0n) is 16.1. The van der Waals surface area contributed by atoms with Crippen LogP contribution in [0.5, 0.6) is 5.75 Å². The van der Waals surface area contributed by atoms with Gasteiger partial charge in [-0.3, -0.25) is 4.99 Å². The van der Waals surface area contributed by atoms with E-state index in [-0.39, 0.29) is 11.6 Å². The molecular formula is C24H20FN3OS. The molecule has 0 spiro atoms. The molecule has 0 unspecified atom stereocenters. The van der Waals surface area contributed by atoms with Crippen LogP contribution in [0.2, 0.25) is 0 Å². The highest BCUT2D eigenvalue weighted by Crippen LogP contribution is 2.21. The number of phenols is 1. The predicted octanol–water partition coefficient (Wildman–Crippen LogP) is 5.09. The first-order valence-electron chi connectivity index (χ1n) is 9.54. The molecule has 1 N–H and O–H groups in total. The normalized spacial score (nSPS) is 12.0. The van der Waals surface area contributed by atoms with Gasteiger partial charge in [0, 0.05) is 23.1 Å². The van der Waals surface area contributed by atoms with Gasteiger partial charge < -0.3 is 5.11 Å². The van der Waals surface area contributed by atoms with Crippen molar-refractivity contribution in [3.05, 3.63) is 106 Å². The number of hydrogen-bond donors (Lipinski definition) is 1. The van der Waals surface area contributed by atoms with E-state index in [9.17, 15) is 9.50 Å². The van der Waals surface area contributed by atoms with E-state index in [1.54, 1.807) is 41.2 Å². The van der Waals surface area contributed by atoms with Gasteiger partial charge in [0.05, 0.1) is 11.9 Å². The summed E-state index contributed by atoms with van der Waals surface area (Å²) in [4.78, 5) is 5.46. The quantitative estimate of drug-likeness (QED) is 0.437. The van der Waals surface area contributed by atoms with Gasteiger partial charge in [-0.15, -0.1) is 11.3 Å². The van der Waals surface area contributed by atoms with Gasteiger partial charge >= 0.3 is 0 Å². The lowest BCUT2D eigenvalue weighted by atomic mass is 10.2. The summed E-state index contributed by atoms with van der Waals surface area (Å²) in [6.45, 7) is 0.624. The van der Waals surface area contributed by atoms with Crippen LogP contribution in [0.4, 0.5) is 4.39 Å². The second-order valence-electron chi connectivity index (χ2n) is 6.64. The number of halogens is 1. The Morgan fingerprint density at radius 3 is 2.43 bits per heavy atom. The largest absolute Gasteiger partial charge is 0.507 e. The minimum absolute atomic E-state index is 0.156. The lowest BCUT2D eigenvalue weighted by molar-refractivity contribution is 0.474. The average molecular weight is 418 g/mol. The fourth-order valence-electron chi connectivity index (χ4n) is 2.98. The van der Waals surface area contributed by atoms with Crippen molar-refractivity contribution in [1.29, 1.82) is 0 Å². The first-order valence-corrected chi connectivity index (χ1v) is 10.4. The summed E-state index contributed by atoms with van der Waals surface area (Å²) in [5.74, 6) is -0.131. The first kappa shape index (κ1) is 19.8. The summed E-state index contributed by atoms with van der Waals surface area (Å²) in [5, 5.41) is 16.6. The average Bonchev–Trinajstić information content (AvgIpc) is 3.17. The van der Waals surface area contributed by atoms with Crippen LogP contribution in [0.15, 0.2) is 94.3 Å². The molecule has 4 aromatic rings. The molecule has 0 radical (unpaired) electrons. The number of para-hydroxylation sites is 1. The molecule has 0 aliphatic rings. The van der Waals surface area contributed by atoms with Gasteiger partial charge in [-0.25, -0.2) is 9.07 Å². The van der Waals surface area contributed by atoms with Gasteiger partial charge in [0.2, 0.25) is 4.80 Å². The number of thiazole rings is 1. The van der Waals surface area contributed by atoms with Crippen LogP contribution < -0.4 is 4.80 Å². The Kier molecular flexibility index (Phi) is 6.15. The standard InChI is InChI=1S/C24H20FN3OS/c25-21-12-10-19(11-13-21)22-17-30-24(26-15-14-18-6-2-1-3-7-18)28(22)27-16-20-8-4-5-9-23(20)29/h1-13,16-17,29H,14-15H2. The molecule has 1 aromatic heterocycles. The lowest BCUT2D eigenvalue weighted by Gasteiger charge is -2.04. The number of rotatable bonds is 6. The zero-order chi connectivity index (χ0) is 20.8. The third-order valence-corrected chi connectivity index (χ3v) is 5.42. The SMILES string of the molecule is Oc1ccccc1C=Nn1c(-c2ccc(F)cc2)csc1=NCCc1ccccc1. The van der Waals surface area contributed by atoms with Crippen LogP contribution in [0.25, 0.3) is 11.3 Å². The molecule has 1 heterocycles. The molecule has 0 aliphatic carbocycles. The number of benzene rings is 3. The van der Waals surface area contributed by atoms with Crippen molar-refractivity contribution >= 4 is 17.6 Å². The second-order valence-corrected chi connectivity index (χ2v) is 7.48. The van der Waals surface area contributed by atoms with Crippen LogP contribution in [-0.2, 0) is 6.42 Å². The number of phenolic OH excluding ortho intramolecular Hbond substituents is 1. The monoisotopic (exact) mass is 417 g/mol. The Balaban J connectivity index is 1.69. The second kappa shape index (κ2) is 9.33. The zero-order valence-corrected chi connectivity index (χ0v) is 17.0. The molecule has 30 heavy (non-hydrogen) atoms. The first-order chi connectivity index (χ1) is 14.7. The number of hydrogen-bond acceptors (Lipinski definition) is 4. The van der Waals surface area contributed by atoms with Crippen LogP contribution >= 0.6 is 11.3 Å². The Morgan fingerprint density at radius 1 is 0.933 bits per heavy atom. The number of aromatic nitrogens is 1. The van der Waals surface area contributed by atoms with Gasteiger partial charge in [-0.2, -0.15) is 5.10 Å². The molecule has 6 heteroatoms. The molecule has 4 nitrogen and oxygen atoms in total. The van der Waals surface area contributed by atoms with Gasteiger partial charge in [0.25, 0.3) is 0 Å². The third kappa shape index (κ3) is 4.72. The molecule has 0 saturated carbocycles. The van der Waals surface area contributed by atoms with Crippen molar-refractivity contribution in [1.82, 2.24) is 4.68 Å². The third-order valence-electron chi connectivity index (χ3n) is 4.56. The summed E-state index contributed by atoms with van der Waals surface area (Å²) in [6.07, 6.45) is 2.43. The highest BCUT2D eigenvalue weighted by Gasteiger charge is 2.08. The Labute approximate surface area is 177 Å². The predicted molar refractivity (Wildman–Crippen MR) is 119 cm³/mol. The van der Waals surface area contributed by atoms with Crippen molar-refractivity contribution in [2.75, 3.05) is 6.54 Å². The van der Waals surface area contributed by atoms with E-state index in [1.807, 2.05) is 29.6 Å². The van der Waals surface area contributed by atoms with E-state index >= 15 is 0 Å². The molecule has 0 bridgehead atoms. The topological polar surface area (TPSA) is 49.9 Å². The van der Waals surface area contributed by atoms with Gasteiger partial charge in [0.1, 0.15) is 11.6 Å². The summed E-state index contributed by atoms with van der Waals surface area (Å²) in [5.41, 5.74) is 3.48. The minimum Gasteiger partial charge on any atom is -0.507 e. The summed E-state index contributed by atoms with van der Waals surface area (Å²) in [6, 6.07) is 23.5. The van der Waals surface area contributed by atoms with Gasteiger partial charge in [0.15, 0.2) is 0 Å². The van der Waals surface area contributed by atoms with E-state index in [1.165, 1.54) is 29.0 Å².